The summed E-state index contributed by atoms with van der Waals surface area (Å²) >= 11 is 1.47. The van der Waals surface area contributed by atoms with Crippen LogP contribution in [0.1, 0.15) is 12.0 Å². The maximum absolute atomic E-state index is 13.0. The summed E-state index contributed by atoms with van der Waals surface area (Å²) in [6, 6.07) is 5.99. The van der Waals surface area contributed by atoms with Crippen LogP contribution in [0.2, 0.25) is 0 Å². The molecule has 1 aromatic carbocycles. The quantitative estimate of drug-likeness (QED) is 0.879. The first-order valence-corrected chi connectivity index (χ1v) is 5.82. The summed E-state index contributed by atoms with van der Waals surface area (Å²) < 4.78 is 13.0. The Hall–Kier alpha value is -1.36. The summed E-state index contributed by atoms with van der Waals surface area (Å²) in [7, 11) is 0. The highest BCUT2D eigenvalue weighted by atomic mass is 32.2. The second-order valence-corrected chi connectivity index (χ2v) is 4.52. The molecule has 0 spiro atoms. The first-order valence-electron chi connectivity index (χ1n) is 4.83. The van der Waals surface area contributed by atoms with Crippen LogP contribution in [0.15, 0.2) is 29.3 Å². The van der Waals surface area contributed by atoms with Crippen LogP contribution in [0.25, 0.3) is 0 Å². The van der Waals surface area contributed by atoms with E-state index in [1.807, 2.05) is 0 Å². The molecule has 0 aliphatic carbocycles. The summed E-state index contributed by atoms with van der Waals surface area (Å²) in [4.78, 5) is 14.8. The highest BCUT2D eigenvalue weighted by Gasteiger charge is 2.21. The number of hydrogen-bond acceptors (Lipinski definition) is 3. The molecule has 1 aliphatic rings. The molecule has 2 rings (SSSR count). The topological polar surface area (TPSA) is 49.7 Å². The van der Waals surface area contributed by atoms with Gasteiger partial charge in [-0.15, -0.1) is 11.8 Å². The number of aliphatic carboxylic acids is 1. The van der Waals surface area contributed by atoms with Crippen LogP contribution < -0.4 is 0 Å². The molecule has 0 radical (unpaired) electrons. The van der Waals surface area contributed by atoms with Crippen molar-refractivity contribution in [3.05, 3.63) is 35.6 Å². The maximum Gasteiger partial charge on any atom is 0.305 e. The molecule has 3 nitrogen and oxygen atoms in total. The highest BCUT2D eigenvalue weighted by Crippen LogP contribution is 2.25. The fourth-order valence-corrected chi connectivity index (χ4v) is 2.56. The van der Waals surface area contributed by atoms with Gasteiger partial charge in [0, 0.05) is 11.3 Å². The monoisotopic (exact) mass is 239 g/mol. The zero-order chi connectivity index (χ0) is 11.5. The Bertz CT molecular complexity index is 447. The molecular formula is C11H10FNO2S. The summed E-state index contributed by atoms with van der Waals surface area (Å²) in [5.74, 6) is -0.504. The Morgan fingerprint density at radius 1 is 1.62 bits per heavy atom. The van der Waals surface area contributed by atoms with Gasteiger partial charge < -0.3 is 5.11 Å². The van der Waals surface area contributed by atoms with Crippen molar-refractivity contribution in [3.8, 4) is 0 Å². The van der Waals surface area contributed by atoms with Crippen molar-refractivity contribution in [3.63, 3.8) is 0 Å². The Morgan fingerprint density at radius 3 is 3.12 bits per heavy atom. The van der Waals surface area contributed by atoms with E-state index in [-0.39, 0.29) is 18.3 Å². The SMILES string of the molecule is O=C(O)CC1CSC(c2cccc(F)c2)=N1. The summed E-state index contributed by atoms with van der Waals surface area (Å²) in [5.41, 5.74) is 0.720. The molecule has 84 valence electrons. The highest BCUT2D eigenvalue weighted by molar-refractivity contribution is 8.14. The van der Waals surface area contributed by atoms with E-state index in [1.165, 1.54) is 23.9 Å². The van der Waals surface area contributed by atoms with Crippen molar-refractivity contribution in [1.82, 2.24) is 0 Å². The summed E-state index contributed by atoms with van der Waals surface area (Å²) in [6.45, 7) is 0. The van der Waals surface area contributed by atoms with Crippen LogP contribution in [-0.4, -0.2) is 27.9 Å². The van der Waals surface area contributed by atoms with Gasteiger partial charge in [0.1, 0.15) is 5.82 Å². The van der Waals surface area contributed by atoms with E-state index in [2.05, 4.69) is 4.99 Å². The van der Waals surface area contributed by atoms with Gasteiger partial charge >= 0.3 is 5.97 Å². The third kappa shape index (κ3) is 2.61. The van der Waals surface area contributed by atoms with Crippen LogP contribution >= 0.6 is 11.8 Å². The lowest BCUT2D eigenvalue weighted by Gasteiger charge is -1.99. The van der Waals surface area contributed by atoms with E-state index in [0.29, 0.717) is 5.75 Å². The predicted octanol–water partition coefficient (Wildman–Crippen LogP) is 2.16. The van der Waals surface area contributed by atoms with Crippen molar-refractivity contribution in [2.24, 2.45) is 4.99 Å². The molecule has 5 heteroatoms. The van der Waals surface area contributed by atoms with Crippen molar-refractivity contribution >= 4 is 22.8 Å². The molecule has 0 fully saturated rings. The zero-order valence-corrected chi connectivity index (χ0v) is 9.21. The predicted molar refractivity (Wildman–Crippen MR) is 61.4 cm³/mol. The number of thioether (sulfide) groups is 1. The number of benzene rings is 1. The largest absolute Gasteiger partial charge is 0.481 e. The van der Waals surface area contributed by atoms with E-state index in [4.69, 9.17) is 5.11 Å². The number of halogens is 1. The zero-order valence-electron chi connectivity index (χ0n) is 8.39. The summed E-state index contributed by atoms with van der Waals surface area (Å²) in [6.07, 6.45) is 0.0335. The van der Waals surface area contributed by atoms with Crippen molar-refractivity contribution < 1.29 is 14.3 Å². The normalized spacial score (nSPS) is 19.6. The standard InChI is InChI=1S/C11H10FNO2S/c12-8-3-1-2-7(4-8)11-13-9(6-16-11)5-10(14)15/h1-4,9H,5-6H2,(H,14,15). The molecule has 0 amide bonds. The smallest absolute Gasteiger partial charge is 0.305 e. The molecule has 0 aromatic heterocycles. The van der Waals surface area contributed by atoms with Crippen LogP contribution in [0, 0.1) is 5.82 Å². The lowest BCUT2D eigenvalue weighted by molar-refractivity contribution is -0.137. The van der Waals surface area contributed by atoms with Crippen molar-refractivity contribution in [2.75, 3.05) is 5.75 Å². The molecule has 1 atom stereocenters. The third-order valence-electron chi connectivity index (χ3n) is 2.19. The van der Waals surface area contributed by atoms with Gasteiger partial charge in [0.05, 0.1) is 17.5 Å². The van der Waals surface area contributed by atoms with E-state index in [0.717, 1.165) is 10.6 Å². The molecule has 1 aromatic rings. The Kier molecular flexibility index (Phi) is 3.24. The van der Waals surface area contributed by atoms with Gasteiger partial charge in [0.15, 0.2) is 0 Å². The van der Waals surface area contributed by atoms with Crippen LogP contribution in [-0.2, 0) is 4.79 Å². The number of nitrogens with zero attached hydrogens (tertiary/aromatic N) is 1. The average Bonchev–Trinajstić information content (AvgIpc) is 2.65. The molecule has 0 saturated heterocycles. The first-order chi connectivity index (χ1) is 7.65. The van der Waals surface area contributed by atoms with Crippen LogP contribution in [0.3, 0.4) is 0 Å². The second-order valence-electron chi connectivity index (χ2n) is 3.51. The van der Waals surface area contributed by atoms with E-state index in [9.17, 15) is 9.18 Å². The van der Waals surface area contributed by atoms with E-state index in [1.54, 1.807) is 12.1 Å². The fraction of sp³-hybridized carbons (Fsp3) is 0.273. The Morgan fingerprint density at radius 2 is 2.44 bits per heavy atom. The van der Waals surface area contributed by atoms with Gasteiger partial charge in [-0.1, -0.05) is 12.1 Å². The minimum Gasteiger partial charge on any atom is -0.481 e. The van der Waals surface area contributed by atoms with Crippen LogP contribution in [0.5, 0.6) is 0 Å². The molecular weight excluding hydrogens is 229 g/mol. The Labute approximate surface area is 96.4 Å². The van der Waals surface area contributed by atoms with Crippen molar-refractivity contribution in [1.29, 1.82) is 0 Å². The molecule has 0 bridgehead atoms. The van der Waals surface area contributed by atoms with Gasteiger partial charge in [-0.2, -0.15) is 0 Å². The number of carboxylic acids is 1. The minimum atomic E-state index is -0.852. The van der Waals surface area contributed by atoms with Crippen molar-refractivity contribution in [2.45, 2.75) is 12.5 Å². The van der Waals surface area contributed by atoms with Gasteiger partial charge in [-0.05, 0) is 12.1 Å². The molecule has 1 aliphatic heterocycles. The fourth-order valence-electron chi connectivity index (χ4n) is 1.50. The lowest BCUT2D eigenvalue weighted by Crippen LogP contribution is -2.10. The van der Waals surface area contributed by atoms with Gasteiger partial charge in [-0.25, -0.2) is 4.39 Å². The maximum atomic E-state index is 13.0. The lowest BCUT2D eigenvalue weighted by atomic mass is 10.2. The van der Waals surface area contributed by atoms with Gasteiger partial charge in [0.25, 0.3) is 0 Å². The molecule has 1 N–H and O–H groups in total. The number of hydrogen-bond donors (Lipinski definition) is 1. The van der Waals surface area contributed by atoms with E-state index >= 15 is 0 Å². The molecule has 16 heavy (non-hydrogen) atoms. The van der Waals surface area contributed by atoms with Gasteiger partial charge in [0.2, 0.25) is 0 Å². The van der Waals surface area contributed by atoms with E-state index < -0.39 is 5.97 Å². The average molecular weight is 239 g/mol. The van der Waals surface area contributed by atoms with Gasteiger partial charge in [-0.3, -0.25) is 9.79 Å². The third-order valence-corrected chi connectivity index (χ3v) is 3.36. The number of carboxylic acid groups (broad SMARTS) is 1. The Balaban J connectivity index is 2.14. The molecule has 1 unspecified atom stereocenters. The minimum absolute atomic E-state index is 0.0335. The summed E-state index contributed by atoms with van der Waals surface area (Å²) in [5, 5.41) is 9.36. The number of carbonyl (C=O) groups is 1. The number of rotatable bonds is 3. The number of aliphatic imine (C=N–C) groups is 1. The molecule has 0 saturated carbocycles. The molecule has 1 heterocycles. The second kappa shape index (κ2) is 4.65. The first kappa shape index (κ1) is 11.1. The van der Waals surface area contributed by atoms with Crippen LogP contribution in [0.4, 0.5) is 4.39 Å².